The van der Waals surface area contributed by atoms with E-state index in [2.05, 4.69) is 53.4 Å². The third-order valence-electron chi connectivity index (χ3n) is 5.23. The summed E-state index contributed by atoms with van der Waals surface area (Å²) in [6, 6.07) is 19.1. The molecule has 0 amide bonds. The Bertz CT molecular complexity index is 705. The Morgan fingerprint density at radius 1 is 0.957 bits per heavy atom. The second-order valence-electron chi connectivity index (χ2n) is 6.54. The van der Waals surface area contributed by atoms with Crippen LogP contribution in [0.1, 0.15) is 29.5 Å². The van der Waals surface area contributed by atoms with Gasteiger partial charge in [-0.1, -0.05) is 54.6 Å². The van der Waals surface area contributed by atoms with E-state index in [0.717, 1.165) is 45.0 Å². The molecule has 0 unspecified atom stereocenters. The van der Waals surface area contributed by atoms with Gasteiger partial charge in [0.2, 0.25) is 0 Å². The first kappa shape index (κ1) is 14.5. The van der Waals surface area contributed by atoms with E-state index >= 15 is 0 Å². The Morgan fingerprint density at radius 3 is 2.43 bits per heavy atom. The molecule has 2 aliphatic heterocycles. The highest BCUT2D eigenvalue weighted by Gasteiger charge is 2.45. The zero-order chi connectivity index (χ0) is 15.7. The molecule has 0 bridgehead atoms. The van der Waals surface area contributed by atoms with Gasteiger partial charge in [0.05, 0.1) is 5.41 Å². The van der Waals surface area contributed by atoms with Crippen LogP contribution in [0.5, 0.6) is 0 Å². The number of rotatable bonds is 2. The summed E-state index contributed by atoms with van der Waals surface area (Å²) in [6.07, 6.45) is 1.82. The molecular weight excluding hydrogens is 284 g/mol. The van der Waals surface area contributed by atoms with E-state index in [9.17, 15) is 0 Å². The van der Waals surface area contributed by atoms with E-state index in [4.69, 9.17) is 10.1 Å². The predicted molar refractivity (Wildman–Crippen MR) is 91.6 cm³/mol. The van der Waals surface area contributed by atoms with Gasteiger partial charge in [-0.05, 0) is 29.5 Å². The molecule has 0 saturated carbocycles. The maximum atomic E-state index is 8.94. The van der Waals surface area contributed by atoms with Crippen molar-refractivity contribution in [2.45, 2.75) is 31.3 Å². The van der Waals surface area contributed by atoms with Crippen LogP contribution in [0.4, 0.5) is 0 Å². The summed E-state index contributed by atoms with van der Waals surface area (Å²) in [6.45, 7) is 3.12. The number of nitrogens with one attached hydrogen (secondary N) is 1. The lowest BCUT2D eigenvalue weighted by Gasteiger charge is -2.47. The Hall–Kier alpha value is -2.13. The summed E-state index contributed by atoms with van der Waals surface area (Å²) in [5, 5.41) is 8.94. The fourth-order valence-electron chi connectivity index (χ4n) is 4.00. The van der Waals surface area contributed by atoms with Crippen molar-refractivity contribution in [3.8, 4) is 0 Å². The molecule has 3 heteroatoms. The monoisotopic (exact) mass is 306 g/mol. The molecule has 1 N–H and O–H groups in total. The molecule has 23 heavy (non-hydrogen) atoms. The molecule has 4 rings (SSSR count). The minimum absolute atomic E-state index is 0.165. The molecule has 1 saturated heterocycles. The highest BCUT2D eigenvalue weighted by atomic mass is 16.5. The fraction of sp³-hybridized carbons (Fsp3) is 0.350. The van der Waals surface area contributed by atoms with Crippen molar-refractivity contribution in [2.24, 2.45) is 0 Å². The molecule has 1 fully saturated rings. The van der Waals surface area contributed by atoms with Crippen molar-refractivity contribution in [1.29, 1.82) is 5.41 Å². The normalized spacial score (nSPS) is 19.7. The largest absolute Gasteiger partial charge is 0.381 e. The smallest absolute Gasteiger partial charge is 0.107 e. The van der Waals surface area contributed by atoms with Gasteiger partial charge in [-0.3, -0.25) is 5.41 Å². The average Bonchev–Trinajstić information content (AvgIpc) is 2.61. The Labute approximate surface area is 137 Å². The van der Waals surface area contributed by atoms with Crippen molar-refractivity contribution in [3.63, 3.8) is 0 Å². The maximum absolute atomic E-state index is 8.94. The molecule has 0 aromatic heterocycles. The minimum atomic E-state index is -0.165. The second kappa shape index (κ2) is 5.82. The summed E-state index contributed by atoms with van der Waals surface area (Å²) in [4.78, 5) is 2.24. The van der Waals surface area contributed by atoms with E-state index in [1.165, 1.54) is 16.7 Å². The highest BCUT2D eigenvalue weighted by molar-refractivity contribution is 5.92. The molecule has 0 aliphatic carbocycles. The predicted octanol–water partition coefficient (Wildman–Crippen LogP) is 3.73. The number of hydrogen-bond acceptors (Lipinski definition) is 2. The number of ether oxygens (including phenoxy) is 1. The third kappa shape index (κ3) is 2.45. The van der Waals surface area contributed by atoms with Gasteiger partial charge in [0.25, 0.3) is 0 Å². The van der Waals surface area contributed by atoms with Crippen LogP contribution in [0.3, 0.4) is 0 Å². The SMILES string of the molecule is N=C1N(Cc2ccccc2)Cc2ccccc2C12CCOCC2. The number of amidine groups is 1. The summed E-state index contributed by atoms with van der Waals surface area (Å²) in [7, 11) is 0. The topological polar surface area (TPSA) is 36.3 Å². The third-order valence-corrected chi connectivity index (χ3v) is 5.23. The minimum Gasteiger partial charge on any atom is -0.381 e. The van der Waals surface area contributed by atoms with Gasteiger partial charge in [-0.15, -0.1) is 0 Å². The van der Waals surface area contributed by atoms with Gasteiger partial charge in [-0.2, -0.15) is 0 Å². The van der Waals surface area contributed by atoms with Crippen molar-refractivity contribution in [1.82, 2.24) is 4.90 Å². The van der Waals surface area contributed by atoms with Crippen LogP contribution >= 0.6 is 0 Å². The molecule has 2 aromatic rings. The fourth-order valence-corrected chi connectivity index (χ4v) is 4.00. The molecule has 118 valence electrons. The van der Waals surface area contributed by atoms with Crippen molar-refractivity contribution in [2.75, 3.05) is 13.2 Å². The Morgan fingerprint density at radius 2 is 1.65 bits per heavy atom. The van der Waals surface area contributed by atoms with E-state index < -0.39 is 0 Å². The first-order valence-electron chi connectivity index (χ1n) is 8.34. The molecular formula is C20H22N2O. The first-order valence-corrected chi connectivity index (χ1v) is 8.34. The zero-order valence-electron chi connectivity index (χ0n) is 13.3. The molecule has 0 atom stereocenters. The second-order valence-corrected chi connectivity index (χ2v) is 6.54. The van der Waals surface area contributed by atoms with Gasteiger partial charge in [0, 0.05) is 26.3 Å². The quantitative estimate of drug-likeness (QED) is 0.918. The van der Waals surface area contributed by atoms with Gasteiger partial charge in [0.15, 0.2) is 0 Å². The lowest BCUT2D eigenvalue weighted by molar-refractivity contribution is 0.0637. The molecule has 2 aromatic carbocycles. The summed E-state index contributed by atoms with van der Waals surface area (Å²) in [5.74, 6) is 0.767. The molecule has 1 spiro atoms. The van der Waals surface area contributed by atoms with E-state index in [-0.39, 0.29) is 5.41 Å². The maximum Gasteiger partial charge on any atom is 0.107 e. The van der Waals surface area contributed by atoms with Gasteiger partial charge < -0.3 is 9.64 Å². The van der Waals surface area contributed by atoms with Crippen LogP contribution in [0, 0.1) is 5.41 Å². The van der Waals surface area contributed by atoms with Crippen LogP contribution in [0.15, 0.2) is 54.6 Å². The van der Waals surface area contributed by atoms with Gasteiger partial charge >= 0.3 is 0 Å². The van der Waals surface area contributed by atoms with Crippen LogP contribution < -0.4 is 0 Å². The summed E-state index contributed by atoms with van der Waals surface area (Å²) in [5.41, 5.74) is 3.81. The van der Waals surface area contributed by atoms with E-state index in [1.54, 1.807) is 0 Å². The van der Waals surface area contributed by atoms with Gasteiger partial charge in [-0.25, -0.2) is 0 Å². The highest BCUT2D eigenvalue weighted by Crippen LogP contribution is 2.42. The first-order chi connectivity index (χ1) is 11.3. The lowest BCUT2D eigenvalue weighted by atomic mass is 9.69. The summed E-state index contributed by atoms with van der Waals surface area (Å²) >= 11 is 0. The molecule has 2 aliphatic rings. The van der Waals surface area contributed by atoms with Gasteiger partial charge in [0.1, 0.15) is 5.84 Å². The van der Waals surface area contributed by atoms with Crippen molar-refractivity contribution >= 4 is 5.84 Å². The Kier molecular flexibility index (Phi) is 3.66. The number of hydrogen-bond donors (Lipinski definition) is 1. The average molecular weight is 306 g/mol. The van der Waals surface area contributed by atoms with Crippen LogP contribution in [-0.2, 0) is 23.2 Å². The Balaban J connectivity index is 1.72. The van der Waals surface area contributed by atoms with Crippen LogP contribution in [0.2, 0.25) is 0 Å². The van der Waals surface area contributed by atoms with Crippen molar-refractivity contribution < 1.29 is 4.74 Å². The standard InChI is InChI=1S/C20H22N2O/c21-19-20(10-12-23-13-11-20)18-9-5-4-8-17(18)15-22(19)14-16-6-2-1-3-7-16/h1-9,21H,10-15H2. The zero-order valence-corrected chi connectivity index (χ0v) is 13.3. The van der Waals surface area contributed by atoms with Crippen LogP contribution in [0.25, 0.3) is 0 Å². The van der Waals surface area contributed by atoms with E-state index in [1.807, 2.05) is 6.07 Å². The van der Waals surface area contributed by atoms with Crippen molar-refractivity contribution in [3.05, 3.63) is 71.3 Å². The van der Waals surface area contributed by atoms with E-state index in [0.29, 0.717) is 0 Å². The molecule has 2 heterocycles. The lowest BCUT2D eigenvalue weighted by Crippen LogP contribution is -2.52. The number of fused-ring (bicyclic) bond motifs is 2. The summed E-state index contributed by atoms with van der Waals surface area (Å²) < 4.78 is 5.60. The number of benzene rings is 2. The number of nitrogens with zero attached hydrogens (tertiary/aromatic N) is 1. The molecule has 0 radical (unpaired) electrons. The molecule has 3 nitrogen and oxygen atoms in total. The van der Waals surface area contributed by atoms with Crippen LogP contribution in [-0.4, -0.2) is 23.9 Å².